The molecule has 1 rings (SSSR count). The normalized spacial score (nSPS) is 9.40. The van der Waals surface area contributed by atoms with Crippen LogP contribution in [0, 0.1) is 0 Å². The van der Waals surface area contributed by atoms with Crippen molar-refractivity contribution in [2.45, 2.75) is 0 Å². The Kier molecular flexibility index (Phi) is 2.54. The number of ether oxygens (including phenoxy) is 1. The molecule has 0 unspecified atom stereocenters. The molecule has 2 nitrogen and oxygen atoms in total. The molecular formula is C5H2Cl2O2S. The van der Waals surface area contributed by atoms with Crippen LogP contribution in [-0.2, 0) is 0 Å². The fourth-order valence-electron chi connectivity index (χ4n) is 0.429. The van der Waals surface area contributed by atoms with E-state index < -0.39 is 5.43 Å². The summed E-state index contributed by atoms with van der Waals surface area (Å²) in [5, 5.41) is 3.65. The predicted molar refractivity (Wildman–Crippen MR) is 41.2 cm³/mol. The maximum atomic E-state index is 10.2. The number of hydrogen-bond acceptors (Lipinski definition) is 3. The van der Waals surface area contributed by atoms with Crippen LogP contribution in [0.2, 0.25) is 5.02 Å². The first-order chi connectivity index (χ1) is 4.70. The monoisotopic (exact) mass is 196 g/mol. The highest BCUT2D eigenvalue weighted by molar-refractivity contribution is 7.08. The van der Waals surface area contributed by atoms with E-state index in [1.807, 2.05) is 0 Å². The first kappa shape index (κ1) is 7.85. The average molecular weight is 197 g/mol. The summed E-state index contributed by atoms with van der Waals surface area (Å²) in [6.07, 6.45) is 0. The molecule has 0 atom stereocenters. The molecule has 0 bridgehead atoms. The largest absolute Gasteiger partial charge is 0.412 e. The number of halogens is 2. The zero-order valence-corrected chi connectivity index (χ0v) is 6.96. The maximum Gasteiger partial charge on any atom is 0.409 e. The Morgan fingerprint density at radius 1 is 1.60 bits per heavy atom. The summed E-state index contributed by atoms with van der Waals surface area (Å²) >= 11 is 11.8. The third-order valence-corrected chi connectivity index (χ3v) is 2.00. The minimum Gasteiger partial charge on any atom is -0.412 e. The Morgan fingerprint density at radius 2 is 2.30 bits per heavy atom. The molecule has 0 saturated carbocycles. The minimum absolute atomic E-state index is 0.312. The Hall–Kier alpha value is -0.250. The second-order valence-corrected chi connectivity index (χ2v) is 2.88. The van der Waals surface area contributed by atoms with Crippen molar-refractivity contribution in [3.8, 4) is 5.75 Å². The molecule has 0 radical (unpaired) electrons. The van der Waals surface area contributed by atoms with Gasteiger partial charge in [-0.15, -0.1) is 11.3 Å². The van der Waals surface area contributed by atoms with Gasteiger partial charge in [0.2, 0.25) is 0 Å². The highest BCUT2D eigenvalue weighted by Gasteiger charge is 2.04. The van der Waals surface area contributed by atoms with Crippen molar-refractivity contribution in [1.29, 1.82) is 0 Å². The van der Waals surface area contributed by atoms with Crippen LogP contribution in [0.5, 0.6) is 5.75 Å². The molecule has 0 fully saturated rings. The Labute approximate surface area is 71.3 Å². The van der Waals surface area contributed by atoms with Crippen LogP contribution in [0.1, 0.15) is 0 Å². The van der Waals surface area contributed by atoms with Crippen LogP contribution in [-0.4, -0.2) is 5.43 Å². The van der Waals surface area contributed by atoms with Gasteiger partial charge in [0.25, 0.3) is 0 Å². The van der Waals surface area contributed by atoms with Gasteiger partial charge in [0.05, 0.1) is 5.02 Å². The van der Waals surface area contributed by atoms with Gasteiger partial charge < -0.3 is 4.74 Å². The zero-order valence-electron chi connectivity index (χ0n) is 4.64. The van der Waals surface area contributed by atoms with Crippen molar-refractivity contribution < 1.29 is 9.53 Å². The molecule has 0 aliphatic rings. The molecule has 0 saturated heterocycles. The average Bonchev–Trinajstić information content (AvgIpc) is 2.15. The molecule has 0 aliphatic heterocycles. The zero-order chi connectivity index (χ0) is 7.56. The lowest BCUT2D eigenvalue weighted by atomic mass is 10.6. The van der Waals surface area contributed by atoms with Crippen molar-refractivity contribution in [1.82, 2.24) is 0 Å². The molecule has 0 spiro atoms. The fraction of sp³-hybridized carbons (Fsp3) is 0. The van der Waals surface area contributed by atoms with Crippen molar-refractivity contribution in [2.75, 3.05) is 0 Å². The second-order valence-electron chi connectivity index (χ2n) is 1.42. The molecule has 0 N–H and O–H groups in total. The summed E-state index contributed by atoms with van der Waals surface area (Å²) in [6.45, 7) is 0. The van der Waals surface area contributed by atoms with Crippen molar-refractivity contribution >= 4 is 40.0 Å². The van der Waals surface area contributed by atoms with Crippen LogP contribution in [0.3, 0.4) is 0 Å². The van der Waals surface area contributed by atoms with E-state index >= 15 is 0 Å². The van der Waals surface area contributed by atoms with E-state index in [2.05, 4.69) is 4.74 Å². The first-order valence-corrected chi connectivity index (χ1v) is 3.99. The number of carbonyl (C=O) groups is 1. The van der Waals surface area contributed by atoms with Gasteiger partial charge in [-0.05, 0) is 0 Å². The minimum atomic E-state index is -0.875. The molecule has 54 valence electrons. The van der Waals surface area contributed by atoms with E-state index in [0.29, 0.717) is 10.8 Å². The van der Waals surface area contributed by atoms with Crippen LogP contribution < -0.4 is 4.74 Å². The highest BCUT2D eigenvalue weighted by atomic mass is 35.5. The highest BCUT2D eigenvalue weighted by Crippen LogP contribution is 2.28. The second kappa shape index (κ2) is 3.23. The van der Waals surface area contributed by atoms with Gasteiger partial charge in [-0.25, -0.2) is 4.79 Å². The van der Waals surface area contributed by atoms with E-state index in [1.54, 1.807) is 10.8 Å². The summed E-state index contributed by atoms with van der Waals surface area (Å²) in [5.41, 5.74) is -0.875. The molecule has 1 heterocycles. The van der Waals surface area contributed by atoms with E-state index in [-0.39, 0.29) is 0 Å². The molecule has 0 aliphatic carbocycles. The molecule has 1 aromatic rings. The smallest absolute Gasteiger partial charge is 0.409 e. The molecule has 5 heteroatoms. The van der Waals surface area contributed by atoms with Gasteiger partial charge in [-0.3, -0.25) is 0 Å². The molecule has 0 aromatic carbocycles. The van der Waals surface area contributed by atoms with Crippen LogP contribution in [0.25, 0.3) is 0 Å². The molecular weight excluding hydrogens is 195 g/mol. The summed E-state index contributed by atoms with van der Waals surface area (Å²) in [4.78, 5) is 10.2. The number of rotatable bonds is 1. The lowest BCUT2D eigenvalue weighted by Gasteiger charge is -1.93. The summed E-state index contributed by atoms with van der Waals surface area (Å²) in [5.74, 6) is 0.312. The Morgan fingerprint density at radius 3 is 2.70 bits per heavy atom. The quantitative estimate of drug-likeness (QED) is 0.646. The van der Waals surface area contributed by atoms with E-state index in [1.165, 1.54) is 11.3 Å². The number of carbonyl (C=O) groups excluding carboxylic acids is 1. The number of hydrogen-bond donors (Lipinski definition) is 0. The number of thiophene rings is 1. The van der Waals surface area contributed by atoms with E-state index in [4.69, 9.17) is 23.2 Å². The van der Waals surface area contributed by atoms with Gasteiger partial charge in [0.15, 0.2) is 5.75 Å². The van der Waals surface area contributed by atoms with E-state index in [9.17, 15) is 4.79 Å². The van der Waals surface area contributed by atoms with Gasteiger partial charge >= 0.3 is 5.43 Å². The van der Waals surface area contributed by atoms with Crippen LogP contribution in [0.15, 0.2) is 10.8 Å². The SMILES string of the molecule is O=C(Cl)Oc1cscc1Cl. The van der Waals surface area contributed by atoms with Crippen molar-refractivity contribution in [3.05, 3.63) is 15.8 Å². The first-order valence-electron chi connectivity index (χ1n) is 2.29. The summed E-state index contributed by atoms with van der Waals surface area (Å²) in [7, 11) is 0. The van der Waals surface area contributed by atoms with E-state index in [0.717, 1.165) is 0 Å². The fourth-order valence-corrected chi connectivity index (χ4v) is 1.43. The van der Waals surface area contributed by atoms with Gasteiger partial charge in [-0.1, -0.05) is 11.6 Å². The standard InChI is InChI=1S/C5H2Cl2O2S/c6-3-1-10-2-4(3)9-5(7)8/h1-2H. The van der Waals surface area contributed by atoms with Crippen molar-refractivity contribution in [3.63, 3.8) is 0 Å². The Balaban J connectivity index is 2.74. The molecule has 0 amide bonds. The van der Waals surface area contributed by atoms with Crippen molar-refractivity contribution in [2.24, 2.45) is 0 Å². The topological polar surface area (TPSA) is 26.3 Å². The van der Waals surface area contributed by atoms with Gasteiger partial charge in [-0.2, -0.15) is 0 Å². The molecule has 10 heavy (non-hydrogen) atoms. The lowest BCUT2D eigenvalue weighted by Crippen LogP contribution is -1.94. The third kappa shape index (κ3) is 1.87. The van der Waals surface area contributed by atoms with Gasteiger partial charge in [0.1, 0.15) is 0 Å². The van der Waals surface area contributed by atoms with Crippen LogP contribution >= 0.6 is 34.5 Å². The Bertz CT molecular complexity index is 246. The molecule has 1 aromatic heterocycles. The predicted octanol–water partition coefficient (Wildman–Crippen LogP) is 3.14. The lowest BCUT2D eigenvalue weighted by molar-refractivity contribution is 0.226. The third-order valence-electron chi connectivity index (χ3n) is 0.772. The summed E-state index contributed by atoms with van der Waals surface area (Å²) in [6, 6.07) is 0. The summed E-state index contributed by atoms with van der Waals surface area (Å²) < 4.78 is 4.49. The van der Waals surface area contributed by atoms with Gasteiger partial charge in [0, 0.05) is 22.4 Å². The maximum absolute atomic E-state index is 10.2. The van der Waals surface area contributed by atoms with Crippen LogP contribution in [0.4, 0.5) is 4.79 Å².